The highest BCUT2D eigenvalue weighted by molar-refractivity contribution is 5.56. The van der Waals surface area contributed by atoms with E-state index in [2.05, 4.69) is 35.2 Å². The van der Waals surface area contributed by atoms with Gasteiger partial charge in [-0.2, -0.15) is 36.3 Å². The molecule has 1 atom stereocenters. The molecule has 1 aliphatic rings. The van der Waals surface area contributed by atoms with Gasteiger partial charge in [-0.15, -0.1) is 0 Å². The summed E-state index contributed by atoms with van der Waals surface area (Å²) in [6, 6.07) is 3.05. The van der Waals surface area contributed by atoms with Crippen LogP contribution in [0.4, 0.5) is 46.8 Å². The number of hydrogen-bond donors (Lipinski definition) is 1. The third-order valence-electron chi connectivity index (χ3n) is 5.86. The summed E-state index contributed by atoms with van der Waals surface area (Å²) in [5, 5.41) is 2.57. The average Bonchev–Trinajstić information content (AvgIpc) is 3.10. The second-order valence-corrected chi connectivity index (χ2v) is 9.06. The van der Waals surface area contributed by atoms with Gasteiger partial charge in [-0.05, 0) is 36.5 Å². The fourth-order valence-corrected chi connectivity index (χ4v) is 4.03. The number of aryl methyl sites for hydroxylation is 1. The van der Waals surface area contributed by atoms with E-state index in [1.165, 1.54) is 6.07 Å². The highest BCUT2D eigenvalue weighted by atomic mass is 19.4. The van der Waals surface area contributed by atoms with Crippen LogP contribution in [0, 0.1) is 5.41 Å². The minimum Gasteiger partial charge on any atom is -0.324 e. The Bertz CT molecular complexity index is 1280. The first kappa shape index (κ1) is 26.5. The average molecular weight is 533 g/mol. The van der Waals surface area contributed by atoms with Crippen molar-refractivity contribution in [2.45, 2.75) is 57.3 Å². The van der Waals surface area contributed by atoms with Gasteiger partial charge in [0, 0.05) is 37.3 Å². The smallest absolute Gasteiger partial charge is 0.324 e. The van der Waals surface area contributed by atoms with Crippen molar-refractivity contribution in [2.75, 3.05) is 5.32 Å². The third kappa shape index (κ3) is 6.63. The molecule has 1 fully saturated rings. The van der Waals surface area contributed by atoms with Crippen molar-refractivity contribution >= 4 is 11.6 Å². The first-order chi connectivity index (χ1) is 17.1. The van der Waals surface area contributed by atoms with Crippen molar-refractivity contribution in [2.24, 2.45) is 5.41 Å². The molecule has 0 radical (unpaired) electrons. The van der Waals surface area contributed by atoms with Gasteiger partial charge in [0.25, 0.3) is 0 Å². The van der Waals surface area contributed by atoms with Crippen LogP contribution in [0.15, 0.2) is 30.6 Å². The molecule has 1 N–H and O–H groups in total. The molecule has 3 aromatic heterocycles. The maximum atomic E-state index is 13.8. The van der Waals surface area contributed by atoms with Gasteiger partial charge in [0.15, 0.2) is 5.82 Å². The molecule has 0 aliphatic heterocycles. The normalized spacial score (nSPS) is 19.7. The molecule has 4 rings (SSSR count). The van der Waals surface area contributed by atoms with Crippen molar-refractivity contribution in [1.82, 2.24) is 29.9 Å². The Labute approximate surface area is 204 Å². The van der Waals surface area contributed by atoms with E-state index in [1.54, 1.807) is 6.92 Å². The molecule has 7 nitrogen and oxygen atoms in total. The fourth-order valence-electron chi connectivity index (χ4n) is 4.03. The van der Waals surface area contributed by atoms with E-state index in [0.29, 0.717) is 6.07 Å². The molecule has 0 aromatic carbocycles. The quantitative estimate of drug-likeness (QED) is 0.374. The van der Waals surface area contributed by atoms with Gasteiger partial charge < -0.3 is 5.32 Å². The summed E-state index contributed by atoms with van der Waals surface area (Å²) in [7, 11) is 0. The SMILES string of the molecule is C[C@]1(CCc2nc(Nc3ccnc(C(F)(F)F)c3)nc(-c3ccnc(C(F)(F)F)n3)n2)CCC(F)(F)C1. The molecule has 1 aliphatic carbocycles. The molecule has 198 valence electrons. The lowest BCUT2D eigenvalue weighted by Gasteiger charge is -2.23. The van der Waals surface area contributed by atoms with Gasteiger partial charge in [0.2, 0.25) is 17.7 Å². The van der Waals surface area contributed by atoms with Gasteiger partial charge in [-0.1, -0.05) is 6.92 Å². The molecule has 3 aromatic rings. The molecule has 3 heterocycles. The first-order valence-corrected chi connectivity index (χ1v) is 11.0. The largest absolute Gasteiger partial charge is 0.451 e. The summed E-state index contributed by atoms with van der Waals surface area (Å²) in [6.07, 6.45) is -7.81. The topological polar surface area (TPSA) is 89.4 Å². The van der Waals surface area contributed by atoms with Crippen LogP contribution in [0.1, 0.15) is 49.9 Å². The van der Waals surface area contributed by atoms with Gasteiger partial charge in [0.05, 0.1) is 0 Å². The fraction of sp³-hybridized carbons (Fsp3) is 0.455. The summed E-state index contributed by atoms with van der Waals surface area (Å²) in [5.74, 6) is -4.76. The summed E-state index contributed by atoms with van der Waals surface area (Å²) in [5.41, 5.74) is -2.30. The van der Waals surface area contributed by atoms with Gasteiger partial charge in [0.1, 0.15) is 17.2 Å². The predicted molar refractivity (Wildman–Crippen MR) is 114 cm³/mol. The molecule has 15 heteroatoms. The Kier molecular flexibility index (Phi) is 6.75. The first-order valence-electron chi connectivity index (χ1n) is 11.0. The van der Waals surface area contributed by atoms with Gasteiger partial charge in [-0.3, -0.25) is 4.98 Å². The Morgan fingerprint density at radius 2 is 1.62 bits per heavy atom. The maximum absolute atomic E-state index is 13.8. The Morgan fingerprint density at radius 1 is 0.892 bits per heavy atom. The van der Waals surface area contributed by atoms with E-state index in [9.17, 15) is 35.1 Å². The van der Waals surface area contributed by atoms with Crippen LogP contribution in [0.5, 0.6) is 0 Å². The van der Waals surface area contributed by atoms with Crippen LogP contribution in [-0.2, 0) is 18.8 Å². The third-order valence-corrected chi connectivity index (χ3v) is 5.86. The van der Waals surface area contributed by atoms with Crippen LogP contribution in [0.3, 0.4) is 0 Å². The molecular formula is C22H19F8N7. The number of pyridine rings is 1. The highest BCUT2D eigenvalue weighted by Crippen LogP contribution is 2.49. The zero-order valence-electron chi connectivity index (χ0n) is 19.1. The number of alkyl halides is 8. The standard InChI is InChI=1S/C22H19F8N7/c1-19(6-7-20(23,24)11-19)5-2-15-35-16(13-4-9-32-17(34-13)22(28,29)30)37-18(36-15)33-12-3-8-31-14(10-12)21(25,26)27/h3-4,8-10H,2,5-7,11H2,1H3,(H,31,33,35,36,37)/t19-/m0/s1. The summed E-state index contributed by atoms with van der Waals surface area (Å²) >= 11 is 0. The lowest BCUT2D eigenvalue weighted by molar-refractivity contribution is -0.145. The van der Waals surface area contributed by atoms with E-state index in [0.717, 1.165) is 18.5 Å². The number of aromatic nitrogens is 6. The molecule has 0 unspecified atom stereocenters. The molecule has 0 bridgehead atoms. The number of hydrogen-bond acceptors (Lipinski definition) is 7. The lowest BCUT2D eigenvalue weighted by Crippen LogP contribution is -2.18. The van der Waals surface area contributed by atoms with Crippen molar-refractivity contribution < 1.29 is 35.1 Å². The number of anilines is 2. The van der Waals surface area contributed by atoms with E-state index in [-0.39, 0.29) is 61.1 Å². The van der Waals surface area contributed by atoms with Crippen molar-refractivity contribution in [1.29, 1.82) is 0 Å². The number of halogens is 8. The molecule has 1 saturated carbocycles. The van der Waals surface area contributed by atoms with Crippen molar-refractivity contribution in [3.63, 3.8) is 0 Å². The predicted octanol–water partition coefficient (Wildman–Crippen LogP) is 6.26. The van der Waals surface area contributed by atoms with E-state index >= 15 is 0 Å². The molecular weight excluding hydrogens is 514 g/mol. The maximum Gasteiger partial charge on any atom is 0.451 e. The van der Waals surface area contributed by atoms with Crippen LogP contribution in [0.2, 0.25) is 0 Å². The second kappa shape index (κ2) is 9.41. The molecule has 0 saturated heterocycles. The zero-order chi connectivity index (χ0) is 27.1. The summed E-state index contributed by atoms with van der Waals surface area (Å²) in [4.78, 5) is 22.2. The Hall–Kier alpha value is -3.52. The zero-order valence-corrected chi connectivity index (χ0v) is 19.1. The Balaban J connectivity index is 1.68. The van der Waals surface area contributed by atoms with Crippen molar-refractivity contribution in [3.05, 3.63) is 47.9 Å². The van der Waals surface area contributed by atoms with E-state index in [4.69, 9.17) is 0 Å². The van der Waals surface area contributed by atoms with Crippen LogP contribution in [0.25, 0.3) is 11.5 Å². The monoisotopic (exact) mass is 533 g/mol. The van der Waals surface area contributed by atoms with E-state index in [1.807, 2.05) is 0 Å². The Morgan fingerprint density at radius 3 is 2.27 bits per heavy atom. The van der Waals surface area contributed by atoms with Crippen LogP contribution >= 0.6 is 0 Å². The van der Waals surface area contributed by atoms with Gasteiger partial charge in [-0.25, -0.2) is 23.7 Å². The van der Waals surface area contributed by atoms with Crippen LogP contribution in [-0.4, -0.2) is 35.8 Å². The summed E-state index contributed by atoms with van der Waals surface area (Å²) in [6.45, 7) is 1.70. The minimum atomic E-state index is -4.85. The summed E-state index contributed by atoms with van der Waals surface area (Å²) < 4.78 is 106. The highest BCUT2D eigenvalue weighted by Gasteiger charge is 2.46. The molecule has 37 heavy (non-hydrogen) atoms. The minimum absolute atomic E-state index is 0.0428. The second-order valence-electron chi connectivity index (χ2n) is 9.06. The number of nitrogens with one attached hydrogen (secondary N) is 1. The van der Waals surface area contributed by atoms with Crippen molar-refractivity contribution in [3.8, 4) is 11.5 Å². The molecule has 0 amide bonds. The number of rotatable bonds is 6. The van der Waals surface area contributed by atoms with Crippen LogP contribution < -0.4 is 5.32 Å². The van der Waals surface area contributed by atoms with E-state index < -0.39 is 35.2 Å². The van der Waals surface area contributed by atoms with Gasteiger partial charge >= 0.3 is 12.4 Å². The lowest BCUT2D eigenvalue weighted by atomic mass is 9.83. The molecule has 0 spiro atoms. The number of nitrogens with zero attached hydrogens (tertiary/aromatic N) is 6.